The predicted octanol–water partition coefficient (Wildman–Crippen LogP) is 4.50. The van der Waals surface area contributed by atoms with Crippen LogP contribution in [0.5, 0.6) is 0 Å². The van der Waals surface area contributed by atoms with Crippen LogP contribution in [0, 0.1) is 0 Å². The van der Waals surface area contributed by atoms with Gasteiger partial charge < -0.3 is 5.32 Å². The van der Waals surface area contributed by atoms with Crippen LogP contribution in [0.4, 0.5) is 5.69 Å². The van der Waals surface area contributed by atoms with Crippen molar-refractivity contribution in [1.29, 1.82) is 0 Å². The highest BCUT2D eigenvalue weighted by atomic mass is 32.2. The molecule has 0 saturated carbocycles. The van der Waals surface area contributed by atoms with Gasteiger partial charge in [0.25, 0.3) is 5.91 Å². The number of anilines is 1. The molecule has 6 heteroatoms. The van der Waals surface area contributed by atoms with Gasteiger partial charge in [-0.15, -0.1) is 0 Å². The van der Waals surface area contributed by atoms with Gasteiger partial charge in [0.05, 0.1) is 0 Å². The Morgan fingerprint density at radius 3 is 2.58 bits per heavy atom. The lowest BCUT2D eigenvalue weighted by Crippen LogP contribution is -2.11. The molecular weight excluding hydrogens is 344 g/mol. The molecule has 0 bridgehead atoms. The summed E-state index contributed by atoms with van der Waals surface area (Å²) in [6.45, 7) is 0. The molecule has 0 unspecified atom stereocenters. The standard InChI is InChI=1S/C20H16N4OS/c25-19(17-8-7-15-3-1-2-4-16(15)11-17)23-18-9-5-14(6-10-18)12-26-20-21-13-22-24-20/h1-11,13H,12H2,(H,23,25)(H,21,22,24). The van der Waals surface area contributed by atoms with E-state index < -0.39 is 0 Å². The molecule has 0 saturated heterocycles. The summed E-state index contributed by atoms with van der Waals surface area (Å²) in [4.78, 5) is 16.6. The second-order valence-electron chi connectivity index (χ2n) is 5.79. The van der Waals surface area contributed by atoms with Gasteiger partial charge in [-0.25, -0.2) is 4.98 Å². The maximum atomic E-state index is 12.5. The van der Waals surface area contributed by atoms with Crippen LogP contribution in [0.1, 0.15) is 15.9 Å². The quantitative estimate of drug-likeness (QED) is 0.514. The van der Waals surface area contributed by atoms with Crippen molar-refractivity contribution in [1.82, 2.24) is 15.2 Å². The van der Waals surface area contributed by atoms with Crippen molar-refractivity contribution in [2.75, 3.05) is 5.32 Å². The van der Waals surface area contributed by atoms with Crippen molar-refractivity contribution in [3.05, 3.63) is 84.2 Å². The third-order valence-electron chi connectivity index (χ3n) is 3.99. The molecule has 0 spiro atoms. The average Bonchev–Trinajstić information content (AvgIpc) is 3.21. The summed E-state index contributed by atoms with van der Waals surface area (Å²) in [6.07, 6.45) is 1.49. The van der Waals surface area contributed by atoms with Crippen LogP contribution in [0.15, 0.2) is 78.2 Å². The van der Waals surface area contributed by atoms with E-state index in [9.17, 15) is 4.79 Å². The number of carbonyl (C=O) groups is 1. The number of H-pyrrole nitrogens is 1. The molecule has 1 aromatic heterocycles. The molecule has 2 N–H and O–H groups in total. The number of nitrogens with zero attached hydrogens (tertiary/aromatic N) is 2. The largest absolute Gasteiger partial charge is 0.322 e. The number of thioether (sulfide) groups is 1. The van der Waals surface area contributed by atoms with E-state index in [1.165, 1.54) is 6.33 Å². The Labute approximate surface area is 154 Å². The summed E-state index contributed by atoms with van der Waals surface area (Å²) in [5.74, 6) is 0.674. The Bertz CT molecular complexity index is 1030. The molecule has 0 fully saturated rings. The average molecular weight is 360 g/mol. The highest BCUT2D eigenvalue weighted by Crippen LogP contribution is 2.21. The van der Waals surface area contributed by atoms with Crippen molar-refractivity contribution in [2.45, 2.75) is 10.9 Å². The number of fused-ring (bicyclic) bond motifs is 1. The van der Waals surface area contributed by atoms with Gasteiger partial charge in [0.1, 0.15) is 6.33 Å². The number of hydrogen-bond donors (Lipinski definition) is 2. The van der Waals surface area contributed by atoms with Crippen LogP contribution in [-0.4, -0.2) is 21.1 Å². The lowest BCUT2D eigenvalue weighted by atomic mass is 10.1. The first-order chi connectivity index (χ1) is 12.8. The van der Waals surface area contributed by atoms with E-state index in [1.807, 2.05) is 66.7 Å². The first-order valence-corrected chi connectivity index (χ1v) is 9.14. The van der Waals surface area contributed by atoms with Gasteiger partial charge in [-0.3, -0.25) is 9.89 Å². The Morgan fingerprint density at radius 2 is 1.81 bits per heavy atom. The number of amides is 1. The molecule has 3 aromatic carbocycles. The smallest absolute Gasteiger partial charge is 0.255 e. The fourth-order valence-corrected chi connectivity index (χ4v) is 3.37. The summed E-state index contributed by atoms with van der Waals surface area (Å²) in [5.41, 5.74) is 2.57. The SMILES string of the molecule is O=C(Nc1ccc(CSc2ncn[nH]2)cc1)c1ccc2ccccc2c1. The van der Waals surface area contributed by atoms with Crippen LogP contribution in [0.2, 0.25) is 0 Å². The minimum absolute atomic E-state index is 0.112. The number of nitrogens with one attached hydrogen (secondary N) is 2. The minimum atomic E-state index is -0.112. The Kier molecular flexibility index (Phi) is 4.66. The maximum absolute atomic E-state index is 12.5. The van der Waals surface area contributed by atoms with Crippen LogP contribution in [0.25, 0.3) is 10.8 Å². The molecule has 1 amide bonds. The van der Waals surface area contributed by atoms with Gasteiger partial charge in [0.2, 0.25) is 0 Å². The van der Waals surface area contributed by atoms with Gasteiger partial charge in [-0.2, -0.15) is 5.10 Å². The normalized spacial score (nSPS) is 10.8. The van der Waals surface area contributed by atoms with Gasteiger partial charge in [0.15, 0.2) is 5.16 Å². The monoisotopic (exact) mass is 360 g/mol. The number of aromatic amines is 1. The molecule has 128 valence electrons. The third-order valence-corrected chi connectivity index (χ3v) is 4.94. The highest BCUT2D eigenvalue weighted by Gasteiger charge is 2.07. The molecule has 5 nitrogen and oxygen atoms in total. The Hall–Kier alpha value is -3.12. The number of benzene rings is 3. The van der Waals surface area contributed by atoms with Gasteiger partial charge in [0, 0.05) is 17.0 Å². The van der Waals surface area contributed by atoms with Crippen molar-refractivity contribution >= 4 is 34.1 Å². The topological polar surface area (TPSA) is 70.7 Å². The summed E-state index contributed by atoms with van der Waals surface area (Å²) < 4.78 is 0. The second kappa shape index (κ2) is 7.41. The Balaban J connectivity index is 1.41. The number of carbonyl (C=O) groups excluding carboxylic acids is 1. The van der Waals surface area contributed by atoms with E-state index in [0.29, 0.717) is 5.56 Å². The highest BCUT2D eigenvalue weighted by molar-refractivity contribution is 7.98. The maximum Gasteiger partial charge on any atom is 0.255 e. The molecule has 4 aromatic rings. The van der Waals surface area contributed by atoms with E-state index >= 15 is 0 Å². The number of hydrogen-bond acceptors (Lipinski definition) is 4. The van der Waals surface area contributed by atoms with Crippen molar-refractivity contribution in [3.8, 4) is 0 Å². The molecule has 4 rings (SSSR count). The van der Waals surface area contributed by atoms with E-state index in [1.54, 1.807) is 11.8 Å². The molecule has 0 aliphatic rings. The molecular formula is C20H16N4OS. The predicted molar refractivity (Wildman–Crippen MR) is 104 cm³/mol. The number of rotatable bonds is 5. The van der Waals surface area contributed by atoms with E-state index in [-0.39, 0.29) is 5.91 Å². The summed E-state index contributed by atoms with van der Waals surface area (Å²) >= 11 is 1.58. The molecule has 0 aliphatic heterocycles. The van der Waals surface area contributed by atoms with Crippen molar-refractivity contribution in [3.63, 3.8) is 0 Å². The van der Waals surface area contributed by atoms with Gasteiger partial charge >= 0.3 is 0 Å². The summed E-state index contributed by atoms with van der Waals surface area (Å²) in [5, 5.41) is 12.6. The zero-order chi connectivity index (χ0) is 17.8. The minimum Gasteiger partial charge on any atom is -0.322 e. The Morgan fingerprint density at radius 1 is 1.00 bits per heavy atom. The van der Waals surface area contributed by atoms with Gasteiger partial charge in [-0.05, 0) is 40.6 Å². The fourth-order valence-electron chi connectivity index (χ4n) is 2.63. The zero-order valence-electron chi connectivity index (χ0n) is 13.8. The summed E-state index contributed by atoms with van der Waals surface area (Å²) in [7, 11) is 0. The number of aromatic nitrogens is 3. The van der Waals surface area contributed by atoms with E-state index in [2.05, 4.69) is 20.5 Å². The first kappa shape index (κ1) is 16.4. The first-order valence-electron chi connectivity index (χ1n) is 8.15. The second-order valence-corrected chi connectivity index (χ2v) is 6.76. The molecule has 0 atom stereocenters. The molecule has 26 heavy (non-hydrogen) atoms. The van der Waals surface area contributed by atoms with E-state index in [4.69, 9.17) is 0 Å². The molecule has 0 radical (unpaired) electrons. The zero-order valence-corrected chi connectivity index (χ0v) is 14.7. The van der Waals surface area contributed by atoms with Crippen LogP contribution < -0.4 is 5.32 Å². The summed E-state index contributed by atoms with van der Waals surface area (Å²) in [6, 6.07) is 21.5. The lowest BCUT2D eigenvalue weighted by molar-refractivity contribution is 0.102. The lowest BCUT2D eigenvalue weighted by Gasteiger charge is -2.07. The molecule has 0 aliphatic carbocycles. The van der Waals surface area contributed by atoms with Crippen LogP contribution in [-0.2, 0) is 5.75 Å². The van der Waals surface area contributed by atoms with Crippen molar-refractivity contribution < 1.29 is 4.79 Å². The van der Waals surface area contributed by atoms with Crippen molar-refractivity contribution in [2.24, 2.45) is 0 Å². The fraction of sp³-hybridized carbons (Fsp3) is 0.0500. The van der Waals surface area contributed by atoms with Crippen LogP contribution >= 0.6 is 11.8 Å². The van der Waals surface area contributed by atoms with Crippen LogP contribution in [0.3, 0.4) is 0 Å². The van der Waals surface area contributed by atoms with E-state index in [0.717, 1.165) is 32.9 Å². The van der Waals surface area contributed by atoms with Gasteiger partial charge in [-0.1, -0.05) is 54.2 Å². The third kappa shape index (κ3) is 3.75. The molecule has 1 heterocycles.